The minimum atomic E-state index is -2.94. The molecule has 0 saturated heterocycles. The van der Waals surface area contributed by atoms with Crippen molar-refractivity contribution in [2.45, 2.75) is 26.9 Å². The van der Waals surface area contributed by atoms with Gasteiger partial charge in [0.2, 0.25) is 0 Å². The molecule has 4 aromatic rings. The van der Waals surface area contributed by atoms with Gasteiger partial charge in [0.1, 0.15) is 0 Å². The molecule has 0 aliphatic rings. The first-order valence-electron chi connectivity index (χ1n) is 10.4. The fourth-order valence-corrected chi connectivity index (χ4v) is 12.2. The van der Waals surface area contributed by atoms with Gasteiger partial charge in [0.15, 0.2) is 0 Å². The van der Waals surface area contributed by atoms with Gasteiger partial charge < -0.3 is 0 Å². The van der Waals surface area contributed by atoms with Gasteiger partial charge in [-0.05, 0) is 0 Å². The molecule has 0 fully saturated rings. The van der Waals surface area contributed by atoms with Crippen LogP contribution in [0, 0.1) is 20.8 Å². The van der Waals surface area contributed by atoms with E-state index in [9.17, 15) is 0 Å². The van der Waals surface area contributed by atoms with E-state index in [-0.39, 0.29) is 0 Å². The Morgan fingerprint density at radius 1 is 0.533 bits per heavy atom. The van der Waals surface area contributed by atoms with Gasteiger partial charge >= 0.3 is 189 Å². The molecule has 0 atom stereocenters. The molecule has 0 unspecified atom stereocenters. The molecule has 152 valence electrons. The number of aryl methyl sites for hydroxylation is 1. The van der Waals surface area contributed by atoms with E-state index in [0.717, 1.165) is 6.16 Å². The second kappa shape index (κ2) is 8.14. The van der Waals surface area contributed by atoms with Gasteiger partial charge in [0.05, 0.1) is 0 Å². The Morgan fingerprint density at radius 2 is 0.933 bits per heavy atom. The molecule has 0 radical (unpaired) electrons. The van der Waals surface area contributed by atoms with Crippen LogP contribution in [-0.2, 0) is 6.16 Å². The third-order valence-electron chi connectivity index (χ3n) is 6.52. The van der Waals surface area contributed by atoms with Gasteiger partial charge in [-0.15, -0.1) is 0 Å². The first-order valence-corrected chi connectivity index (χ1v) is 14.8. The van der Waals surface area contributed by atoms with Crippen LogP contribution in [0.3, 0.4) is 0 Å². The molecule has 2 heteroatoms. The zero-order valence-corrected chi connectivity index (χ0v) is 20.3. The van der Waals surface area contributed by atoms with Crippen LogP contribution in [-0.4, -0.2) is 0 Å². The summed E-state index contributed by atoms with van der Waals surface area (Å²) in [4.78, 5) is 0. The maximum atomic E-state index is 4.56. The van der Waals surface area contributed by atoms with E-state index in [1.165, 1.54) is 38.2 Å². The van der Waals surface area contributed by atoms with Gasteiger partial charge in [-0.2, -0.15) is 0 Å². The molecule has 0 aliphatic heterocycles. The van der Waals surface area contributed by atoms with Crippen LogP contribution in [0.4, 0.5) is 0 Å². The Hall–Kier alpha value is -2.21. The van der Waals surface area contributed by atoms with Crippen molar-refractivity contribution in [1.82, 2.24) is 0 Å². The number of hydrogen-bond donors (Lipinski definition) is 0. The third kappa shape index (κ3) is 3.35. The Kier molecular flexibility index (Phi) is 5.71. The average Bonchev–Trinajstić information content (AvgIpc) is 2.81. The maximum absolute atomic E-state index is 4.56. The topological polar surface area (TPSA) is 0 Å². The van der Waals surface area contributed by atoms with Crippen molar-refractivity contribution in [2.75, 3.05) is 0 Å². The van der Waals surface area contributed by atoms with Crippen LogP contribution >= 0.6 is 20.8 Å². The number of hydrogen-bond acceptors (Lipinski definition) is 0. The molecule has 0 bridgehead atoms. The van der Waals surface area contributed by atoms with E-state index in [4.69, 9.17) is 0 Å². The van der Waals surface area contributed by atoms with E-state index in [1.807, 2.05) is 0 Å². The van der Waals surface area contributed by atoms with Crippen molar-refractivity contribution < 1.29 is 0 Å². The normalized spacial score (nSPS) is 12.9. The molecule has 0 aromatic heterocycles. The van der Waals surface area contributed by atoms with Gasteiger partial charge in [0, 0.05) is 0 Å². The minimum absolute atomic E-state index is 0.941. The molecule has 0 spiro atoms. The summed E-state index contributed by atoms with van der Waals surface area (Å²) in [5, 5.41) is 1.14. The molecule has 0 nitrogen and oxygen atoms in total. The standard InChI is InChI=1S/C28H28BrP/c1-22-19-20-25(24(3)23(22)2)21-30(29,26-13-7-4-8-14-26,27-15-9-5-10-16-27)28-17-11-6-12-18-28/h4-20H,21H2,1-3H3. The molecule has 0 amide bonds. The molecule has 0 N–H and O–H groups in total. The predicted octanol–water partition coefficient (Wildman–Crippen LogP) is 6.95. The first kappa shape index (κ1) is 21.0. The van der Waals surface area contributed by atoms with Crippen LogP contribution in [0.25, 0.3) is 0 Å². The average molecular weight is 475 g/mol. The molecular formula is C28H28BrP. The van der Waals surface area contributed by atoms with Gasteiger partial charge in [-0.3, -0.25) is 0 Å². The SMILES string of the molecule is Cc1ccc(CP(Br)(c2ccccc2)(c2ccccc2)c2ccccc2)c(C)c1C. The van der Waals surface area contributed by atoms with Gasteiger partial charge in [-0.25, -0.2) is 0 Å². The Labute approximate surface area is 188 Å². The van der Waals surface area contributed by atoms with Crippen molar-refractivity contribution in [3.8, 4) is 0 Å². The van der Waals surface area contributed by atoms with Crippen molar-refractivity contribution in [2.24, 2.45) is 0 Å². The molecule has 4 aromatic carbocycles. The summed E-state index contributed by atoms with van der Waals surface area (Å²) in [6.45, 7) is 6.71. The van der Waals surface area contributed by atoms with E-state index in [1.54, 1.807) is 0 Å². The van der Waals surface area contributed by atoms with Crippen LogP contribution < -0.4 is 15.9 Å². The zero-order chi connectivity index (χ0) is 21.2. The Morgan fingerprint density at radius 3 is 1.33 bits per heavy atom. The molecule has 0 heterocycles. The molecule has 30 heavy (non-hydrogen) atoms. The molecule has 0 aliphatic carbocycles. The summed E-state index contributed by atoms with van der Waals surface area (Å²) < 4.78 is 0. The van der Waals surface area contributed by atoms with Crippen LogP contribution in [0.5, 0.6) is 0 Å². The summed E-state index contributed by atoms with van der Waals surface area (Å²) in [5.41, 5.74) is 5.54. The Bertz CT molecular complexity index is 1050. The van der Waals surface area contributed by atoms with E-state index < -0.39 is 5.31 Å². The molecule has 0 saturated carbocycles. The Balaban J connectivity index is 2.11. The molecule has 4 rings (SSSR count). The van der Waals surface area contributed by atoms with Crippen molar-refractivity contribution in [1.29, 1.82) is 0 Å². The third-order valence-corrected chi connectivity index (χ3v) is 16.0. The summed E-state index contributed by atoms with van der Waals surface area (Å²) in [6, 6.07) is 37.7. The summed E-state index contributed by atoms with van der Waals surface area (Å²) >= 11 is 4.56. The van der Waals surface area contributed by atoms with Gasteiger partial charge in [-0.1, -0.05) is 0 Å². The summed E-state index contributed by atoms with van der Waals surface area (Å²) in [7, 11) is 0. The van der Waals surface area contributed by atoms with Crippen LogP contribution in [0.1, 0.15) is 22.3 Å². The number of rotatable bonds is 5. The second-order valence-corrected chi connectivity index (χ2v) is 17.1. The van der Waals surface area contributed by atoms with E-state index >= 15 is 0 Å². The summed E-state index contributed by atoms with van der Waals surface area (Å²) in [5.74, 6) is 0. The monoisotopic (exact) mass is 474 g/mol. The second-order valence-electron chi connectivity index (χ2n) is 8.14. The van der Waals surface area contributed by atoms with Crippen molar-refractivity contribution >= 4 is 36.7 Å². The van der Waals surface area contributed by atoms with Crippen molar-refractivity contribution in [3.63, 3.8) is 0 Å². The first-order chi connectivity index (χ1) is 14.4. The number of halogens is 1. The van der Waals surface area contributed by atoms with E-state index in [2.05, 4.69) is 139 Å². The van der Waals surface area contributed by atoms with E-state index in [0.29, 0.717) is 0 Å². The fraction of sp³-hybridized carbons (Fsp3) is 0.143. The summed E-state index contributed by atoms with van der Waals surface area (Å²) in [6.07, 6.45) is 0.941. The van der Waals surface area contributed by atoms with Crippen molar-refractivity contribution in [3.05, 3.63) is 125 Å². The fourth-order valence-electron chi connectivity index (χ4n) is 4.44. The number of benzene rings is 4. The van der Waals surface area contributed by atoms with Gasteiger partial charge in [0.25, 0.3) is 0 Å². The van der Waals surface area contributed by atoms with Crippen LogP contribution in [0.15, 0.2) is 103 Å². The van der Waals surface area contributed by atoms with Crippen LogP contribution in [0.2, 0.25) is 0 Å². The predicted molar refractivity (Wildman–Crippen MR) is 138 cm³/mol. The quantitative estimate of drug-likeness (QED) is 0.274. The molecular weight excluding hydrogens is 447 g/mol. The zero-order valence-electron chi connectivity index (χ0n) is 17.8.